The van der Waals surface area contributed by atoms with Gasteiger partial charge in [-0.05, 0) is 90.0 Å². The first kappa shape index (κ1) is 39.9. The van der Waals surface area contributed by atoms with Gasteiger partial charge in [-0.15, -0.1) is 6.58 Å². The summed E-state index contributed by atoms with van der Waals surface area (Å²) < 4.78 is 40.1. The van der Waals surface area contributed by atoms with Crippen molar-refractivity contribution in [3.63, 3.8) is 0 Å². The number of aromatic nitrogens is 1. The maximum Gasteiger partial charge on any atom is 0.408 e. The molecule has 5 rings (SSSR count). The Balaban J connectivity index is 1.45. The molecule has 2 heterocycles. The Kier molecular flexibility index (Phi) is 11.7. The Morgan fingerprint density at radius 2 is 1.87 bits per heavy atom. The summed E-state index contributed by atoms with van der Waals surface area (Å²) in [6.45, 7) is 12.2. The van der Waals surface area contributed by atoms with Crippen LogP contribution in [0.5, 0.6) is 5.88 Å². The number of rotatable bonds is 14. The molecule has 0 unspecified atom stereocenters. The maximum atomic E-state index is 14.5. The van der Waals surface area contributed by atoms with Crippen molar-refractivity contribution in [1.29, 1.82) is 0 Å². The van der Waals surface area contributed by atoms with E-state index in [1.807, 2.05) is 24.3 Å². The van der Waals surface area contributed by atoms with Gasteiger partial charge in [0.05, 0.1) is 11.8 Å². The van der Waals surface area contributed by atoms with E-state index in [2.05, 4.69) is 42.8 Å². The van der Waals surface area contributed by atoms with Crippen LogP contribution >= 0.6 is 15.9 Å². The lowest BCUT2D eigenvalue weighted by Gasteiger charge is -2.30. The number of carbonyl (C=O) groups excluding carboxylic acids is 5. The second-order valence-electron chi connectivity index (χ2n) is 15.1. The number of nitrogens with one attached hydrogen (secondary N) is 3. The molecule has 2 aromatic rings. The minimum Gasteiger partial charge on any atom is -0.472 e. The zero-order valence-corrected chi connectivity index (χ0v) is 32.8. The Labute approximate surface area is 317 Å². The van der Waals surface area contributed by atoms with E-state index >= 15 is 0 Å². The summed E-state index contributed by atoms with van der Waals surface area (Å²) in [6.07, 6.45) is 3.62. The minimum atomic E-state index is -3.93. The fourth-order valence-corrected chi connectivity index (χ4v) is 8.07. The van der Waals surface area contributed by atoms with Crippen molar-refractivity contribution in [2.24, 2.45) is 5.92 Å². The van der Waals surface area contributed by atoms with E-state index in [-0.39, 0.29) is 43.9 Å². The number of likely N-dealkylation sites (tertiary alicyclic amines) is 1. The lowest BCUT2D eigenvalue weighted by atomic mass is 10.1. The van der Waals surface area contributed by atoms with E-state index < -0.39 is 74.3 Å². The topological polar surface area (TPSA) is 190 Å². The van der Waals surface area contributed by atoms with E-state index in [1.165, 1.54) is 17.1 Å². The summed E-state index contributed by atoms with van der Waals surface area (Å²) in [5.74, 6) is -2.81. The van der Waals surface area contributed by atoms with Crippen LogP contribution in [0.25, 0.3) is 10.8 Å². The van der Waals surface area contributed by atoms with Gasteiger partial charge >= 0.3 is 6.09 Å². The Bertz CT molecular complexity index is 1950. The molecular weight excluding hydrogens is 770 g/mol. The third kappa shape index (κ3) is 9.82. The second kappa shape index (κ2) is 15.6. The van der Waals surface area contributed by atoms with Gasteiger partial charge in [0.2, 0.25) is 27.7 Å². The number of alkyl carbamates (subject to hydrolysis) is 1. The van der Waals surface area contributed by atoms with Crippen LogP contribution in [0, 0.1) is 5.92 Å². The highest BCUT2D eigenvalue weighted by Gasteiger charge is 2.62. The van der Waals surface area contributed by atoms with Gasteiger partial charge in [-0.2, -0.15) is 0 Å². The van der Waals surface area contributed by atoms with Gasteiger partial charge in [-0.25, -0.2) is 18.2 Å². The summed E-state index contributed by atoms with van der Waals surface area (Å²) in [4.78, 5) is 73.5. The van der Waals surface area contributed by atoms with Crippen LogP contribution in [-0.2, 0) is 33.9 Å². The van der Waals surface area contributed by atoms with E-state index in [0.29, 0.717) is 18.2 Å². The van der Waals surface area contributed by atoms with E-state index in [9.17, 15) is 32.4 Å². The SMILES string of the molecule is C=C[C@@H]1C[C@]1(NC(=O)[C@@H]1C[C@@H](Oc2nccc3ccc(Br)cc23)CN1C(=O)[C@H](CCC(=O)C=C(C)C)NC(=O)OC(C)(C)C)C(=O)NS(=O)(=O)C1CC1. The molecule has 4 amide bonds. The van der Waals surface area contributed by atoms with Crippen molar-refractivity contribution in [3.05, 3.63) is 59.2 Å². The van der Waals surface area contributed by atoms with Crippen LogP contribution in [0.15, 0.2) is 59.2 Å². The van der Waals surface area contributed by atoms with Gasteiger partial charge in [0.1, 0.15) is 29.3 Å². The fraction of sp³-hybridized carbons (Fsp3) is 0.514. The van der Waals surface area contributed by atoms with Crippen molar-refractivity contribution in [2.45, 2.75) is 108 Å². The number of sulfonamides is 1. The van der Waals surface area contributed by atoms with Crippen LogP contribution in [0.3, 0.4) is 0 Å². The van der Waals surface area contributed by atoms with E-state index in [4.69, 9.17) is 9.47 Å². The van der Waals surface area contributed by atoms with E-state index in [1.54, 1.807) is 40.8 Å². The summed E-state index contributed by atoms with van der Waals surface area (Å²) >= 11 is 3.47. The highest BCUT2D eigenvalue weighted by atomic mass is 79.9. The van der Waals surface area contributed by atoms with Gasteiger partial charge in [0.25, 0.3) is 5.91 Å². The number of hydrogen-bond acceptors (Lipinski definition) is 10. The van der Waals surface area contributed by atoms with Gasteiger partial charge in [0, 0.05) is 34.8 Å². The zero-order chi connectivity index (χ0) is 38.9. The van der Waals surface area contributed by atoms with Crippen molar-refractivity contribution in [2.75, 3.05) is 6.54 Å². The number of halogens is 1. The molecule has 14 nitrogen and oxygen atoms in total. The average Bonchev–Trinajstić information content (AvgIpc) is 3.98. The number of carbonyl (C=O) groups is 5. The number of nitrogens with zero attached hydrogens (tertiary/aromatic N) is 2. The summed E-state index contributed by atoms with van der Waals surface area (Å²) in [5.41, 5.74) is -1.72. The smallest absolute Gasteiger partial charge is 0.408 e. The first-order chi connectivity index (χ1) is 24.8. The zero-order valence-electron chi connectivity index (χ0n) is 30.4. The Hall–Kier alpha value is -4.31. The standard InChI is InChI=1S/C37H46BrN5O9S/c1-7-23-19-37(23,34(47)42-53(49,50)27-11-12-27)41-31(45)30-18-26(51-32-28-17-24(38)9-8-22(28)14-15-39-32)20-43(30)33(46)29(13-10-25(44)16-21(2)3)40-35(48)52-36(4,5)6/h7-9,14-17,23,26-27,29-30H,1,10-13,18-20H2,2-6H3,(H,40,48)(H,41,45)(H,42,47)/t23-,26-,29+,30+,37-/m1/s1. The molecule has 1 aromatic heterocycles. The summed E-state index contributed by atoms with van der Waals surface area (Å²) in [5, 5.41) is 6.21. The highest BCUT2D eigenvalue weighted by molar-refractivity contribution is 9.10. The minimum absolute atomic E-state index is 0.0314. The van der Waals surface area contributed by atoms with Crippen LogP contribution in [-0.4, -0.2) is 89.0 Å². The van der Waals surface area contributed by atoms with Crippen molar-refractivity contribution in [1.82, 2.24) is 25.2 Å². The van der Waals surface area contributed by atoms with E-state index in [0.717, 1.165) is 15.4 Å². The number of ether oxygens (including phenoxy) is 2. The first-order valence-electron chi connectivity index (χ1n) is 17.5. The molecular formula is C37H46BrN5O9S. The number of pyridine rings is 1. The molecule has 2 saturated carbocycles. The number of allylic oxidation sites excluding steroid dienone is 2. The number of hydrogen-bond donors (Lipinski definition) is 3. The molecule has 0 spiro atoms. The predicted molar refractivity (Wildman–Crippen MR) is 200 cm³/mol. The Morgan fingerprint density at radius 3 is 2.49 bits per heavy atom. The molecule has 1 aromatic carbocycles. The van der Waals surface area contributed by atoms with Gasteiger partial charge in [-0.1, -0.05) is 33.6 Å². The molecule has 16 heteroatoms. The highest BCUT2D eigenvalue weighted by Crippen LogP contribution is 2.45. The largest absolute Gasteiger partial charge is 0.472 e. The van der Waals surface area contributed by atoms with Crippen molar-refractivity contribution < 1.29 is 41.9 Å². The van der Waals surface area contributed by atoms with Crippen molar-refractivity contribution in [3.8, 4) is 5.88 Å². The molecule has 286 valence electrons. The number of ketones is 1. The summed E-state index contributed by atoms with van der Waals surface area (Å²) in [7, 11) is -3.93. The molecule has 3 fully saturated rings. The quantitative estimate of drug-likeness (QED) is 0.184. The van der Waals surface area contributed by atoms with Crippen LogP contribution < -0.4 is 20.1 Å². The van der Waals surface area contributed by atoms with Gasteiger partial charge in [-0.3, -0.25) is 23.9 Å². The molecule has 2 aliphatic carbocycles. The second-order valence-corrected chi connectivity index (χ2v) is 17.9. The molecule has 5 atom stereocenters. The molecule has 3 N–H and O–H groups in total. The number of benzene rings is 1. The predicted octanol–water partition coefficient (Wildman–Crippen LogP) is 4.22. The lowest BCUT2D eigenvalue weighted by molar-refractivity contribution is -0.141. The molecule has 1 saturated heterocycles. The van der Waals surface area contributed by atoms with Gasteiger partial charge < -0.3 is 25.0 Å². The summed E-state index contributed by atoms with van der Waals surface area (Å²) in [6, 6.07) is 4.92. The molecule has 1 aliphatic heterocycles. The first-order valence-corrected chi connectivity index (χ1v) is 19.8. The third-order valence-corrected chi connectivity index (χ3v) is 11.5. The molecule has 53 heavy (non-hydrogen) atoms. The van der Waals surface area contributed by atoms with Crippen LogP contribution in [0.1, 0.15) is 73.1 Å². The normalized spacial score (nSPS) is 23.0. The Morgan fingerprint density at radius 1 is 1.15 bits per heavy atom. The third-order valence-electron chi connectivity index (χ3n) is 9.19. The van der Waals surface area contributed by atoms with Crippen LogP contribution in [0.4, 0.5) is 4.79 Å². The number of amides is 4. The molecule has 0 radical (unpaired) electrons. The van der Waals surface area contributed by atoms with Crippen LogP contribution in [0.2, 0.25) is 0 Å². The maximum absolute atomic E-state index is 14.5. The fourth-order valence-electron chi connectivity index (χ4n) is 6.35. The lowest BCUT2D eigenvalue weighted by Crippen LogP contribution is -2.58. The average molecular weight is 817 g/mol. The molecule has 3 aliphatic rings. The van der Waals surface area contributed by atoms with Gasteiger partial charge in [0.15, 0.2) is 5.78 Å². The molecule has 0 bridgehead atoms. The van der Waals surface area contributed by atoms with Crippen molar-refractivity contribution >= 4 is 66.3 Å². The number of fused-ring (bicyclic) bond motifs is 1. The monoisotopic (exact) mass is 815 g/mol.